The molecule has 3 rings (SSSR count). The van der Waals surface area contributed by atoms with Gasteiger partial charge in [0.2, 0.25) is 0 Å². The van der Waals surface area contributed by atoms with Gasteiger partial charge >= 0.3 is 0 Å². The van der Waals surface area contributed by atoms with Gasteiger partial charge in [-0.2, -0.15) is 0 Å². The van der Waals surface area contributed by atoms with E-state index in [2.05, 4.69) is 4.98 Å². The van der Waals surface area contributed by atoms with Crippen molar-refractivity contribution in [3.05, 3.63) is 64.2 Å². The van der Waals surface area contributed by atoms with Crippen molar-refractivity contribution in [2.75, 3.05) is 7.11 Å². The molecule has 0 atom stereocenters. The summed E-state index contributed by atoms with van der Waals surface area (Å²) in [5.41, 5.74) is 1.66. The first-order valence-corrected chi connectivity index (χ1v) is 6.73. The predicted octanol–water partition coefficient (Wildman–Crippen LogP) is 2.84. The molecule has 0 spiro atoms. The van der Waals surface area contributed by atoms with Gasteiger partial charge in [-0.3, -0.25) is 4.79 Å². The molecule has 112 valence electrons. The van der Waals surface area contributed by atoms with Crippen LogP contribution in [0.1, 0.15) is 5.56 Å². The first-order valence-electron chi connectivity index (χ1n) is 6.73. The second-order valence-corrected chi connectivity index (χ2v) is 4.89. The van der Waals surface area contributed by atoms with Crippen molar-refractivity contribution in [1.29, 1.82) is 0 Å². The summed E-state index contributed by atoms with van der Waals surface area (Å²) in [7, 11) is 1.49. The van der Waals surface area contributed by atoms with E-state index in [1.165, 1.54) is 19.2 Å². The van der Waals surface area contributed by atoms with Crippen LogP contribution in [0.2, 0.25) is 0 Å². The Hall–Kier alpha value is -2.66. The van der Waals surface area contributed by atoms with Gasteiger partial charge in [0.15, 0.2) is 0 Å². The molecule has 0 bridgehead atoms. The van der Waals surface area contributed by atoms with Crippen LogP contribution in [0.3, 0.4) is 0 Å². The SMILES string of the molecule is COc1cc(=O)[nH]c2cc(-c3c(F)cccc3CO)ccc12. The van der Waals surface area contributed by atoms with E-state index in [9.17, 15) is 14.3 Å². The number of aliphatic hydroxyl groups excluding tert-OH is 1. The van der Waals surface area contributed by atoms with E-state index in [1.807, 2.05) is 0 Å². The molecule has 0 aliphatic carbocycles. The Labute approximate surface area is 125 Å². The third kappa shape index (κ3) is 2.35. The van der Waals surface area contributed by atoms with Crippen LogP contribution in [-0.4, -0.2) is 17.2 Å². The zero-order valence-electron chi connectivity index (χ0n) is 11.9. The molecule has 0 unspecified atom stereocenters. The van der Waals surface area contributed by atoms with Crippen LogP contribution < -0.4 is 10.3 Å². The topological polar surface area (TPSA) is 62.3 Å². The van der Waals surface area contributed by atoms with Crippen LogP contribution in [0.5, 0.6) is 5.75 Å². The minimum Gasteiger partial charge on any atom is -0.496 e. The van der Waals surface area contributed by atoms with E-state index in [-0.39, 0.29) is 12.2 Å². The van der Waals surface area contributed by atoms with Gasteiger partial charge < -0.3 is 14.8 Å². The highest BCUT2D eigenvalue weighted by atomic mass is 19.1. The maximum absolute atomic E-state index is 14.1. The fourth-order valence-corrected chi connectivity index (χ4v) is 2.58. The lowest BCUT2D eigenvalue weighted by molar-refractivity contribution is 0.282. The fourth-order valence-electron chi connectivity index (χ4n) is 2.58. The number of hydrogen-bond donors (Lipinski definition) is 2. The fraction of sp³-hybridized carbons (Fsp3) is 0.118. The summed E-state index contributed by atoms with van der Waals surface area (Å²) < 4.78 is 19.3. The Bertz CT molecular complexity index is 902. The van der Waals surface area contributed by atoms with Gasteiger partial charge in [0, 0.05) is 17.0 Å². The van der Waals surface area contributed by atoms with E-state index in [4.69, 9.17) is 4.74 Å². The molecule has 0 aliphatic heterocycles. The number of ether oxygens (including phenoxy) is 1. The van der Waals surface area contributed by atoms with Crippen molar-refractivity contribution in [3.8, 4) is 16.9 Å². The lowest BCUT2D eigenvalue weighted by Gasteiger charge is -2.11. The van der Waals surface area contributed by atoms with Crippen LogP contribution in [0.4, 0.5) is 4.39 Å². The molecule has 0 amide bonds. The third-order valence-electron chi connectivity index (χ3n) is 3.58. The summed E-state index contributed by atoms with van der Waals surface area (Å²) >= 11 is 0. The monoisotopic (exact) mass is 299 g/mol. The lowest BCUT2D eigenvalue weighted by atomic mass is 9.98. The number of pyridine rings is 1. The molecule has 2 aromatic carbocycles. The number of H-pyrrole nitrogens is 1. The van der Waals surface area contributed by atoms with E-state index in [0.29, 0.717) is 28.0 Å². The summed E-state index contributed by atoms with van der Waals surface area (Å²) in [6, 6.07) is 11.1. The Morgan fingerprint density at radius 2 is 2.05 bits per heavy atom. The number of aromatic amines is 1. The number of benzene rings is 2. The third-order valence-corrected chi connectivity index (χ3v) is 3.58. The summed E-state index contributed by atoms with van der Waals surface area (Å²) in [6.45, 7) is -0.264. The quantitative estimate of drug-likeness (QED) is 0.781. The van der Waals surface area contributed by atoms with E-state index in [1.54, 1.807) is 30.3 Å². The van der Waals surface area contributed by atoms with Gasteiger partial charge in [0.05, 0.1) is 19.2 Å². The smallest absolute Gasteiger partial charge is 0.252 e. The number of aliphatic hydroxyl groups is 1. The summed E-state index contributed by atoms with van der Waals surface area (Å²) in [5.74, 6) is 0.0392. The van der Waals surface area contributed by atoms with Gasteiger partial charge in [0.25, 0.3) is 5.56 Å². The van der Waals surface area contributed by atoms with Crippen molar-refractivity contribution in [3.63, 3.8) is 0 Å². The number of rotatable bonds is 3. The van der Waals surface area contributed by atoms with Crippen LogP contribution in [0.25, 0.3) is 22.0 Å². The molecule has 1 aromatic heterocycles. The van der Waals surface area contributed by atoms with E-state index < -0.39 is 5.82 Å². The highest BCUT2D eigenvalue weighted by Crippen LogP contribution is 2.31. The minimum atomic E-state index is -0.420. The highest BCUT2D eigenvalue weighted by molar-refractivity contribution is 5.89. The van der Waals surface area contributed by atoms with Crippen LogP contribution in [0.15, 0.2) is 47.3 Å². The normalized spacial score (nSPS) is 10.9. The second-order valence-electron chi connectivity index (χ2n) is 4.89. The lowest BCUT2D eigenvalue weighted by Crippen LogP contribution is -2.05. The number of fused-ring (bicyclic) bond motifs is 1. The zero-order chi connectivity index (χ0) is 15.7. The molecule has 4 nitrogen and oxygen atoms in total. The molecule has 1 heterocycles. The second kappa shape index (κ2) is 5.61. The number of hydrogen-bond acceptors (Lipinski definition) is 3. The van der Waals surface area contributed by atoms with Gasteiger partial charge in [0.1, 0.15) is 11.6 Å². The zero-order valence-corrected chi connectivity index (χ0v) is 11.9. The van der Waals surface area contributed by atoms with Crippen molar-refractivity contribution in [2.24, 2.45) is 0 Å². The highest BCUT2D eigenvalue weighted by Gasteiger charge is 2.12. The Morgan fingerprint density at radius 3 is 2.77 bits per heavy atom. The van der Waals surface area contributed by atoms with Crippen molar-refractivity contribution >= 4 is 10.9 Å². The summed E-state index contributed by atoms with van der Waals surface area (Å²) in [4.78, 5) is 14.4. The van der Waals surface area contributed by atoms with Crippen LogP contribution in [0, 0.1) is 5.82 Å². The van der Waals surface area contributed by atoms with E-state index >= 15 is 0 Å². The molecule has 3 aromatic rings. The van der Waals surface area contributed by atoms with Crippen LogP contribution in [-0.2, 0) is 6.61 Å². The molecule has 0 saturated carbocycles. The molecule has 2 N–H and O–H groups in total. The maximum atomic E-state index is 14.1. The molecular weight excluding hydrogens is 285 g/mol. The molecular formula is C17H14FNO3. The van der Waals surface area contributed by atoms with Gasteiger partial charge in [-0.05, 0) is 29.3 Å². The molecule has 0 saturated heterocycles. The Kier molecular flexibility index (Phi) is 3.65. The number of nitrogens with one attached hydrogen (secondary N) is 1. The molecule has 0 fully saturated rings. The minimum absolute atomic E-state index is 0.264. The molecule has 22 heavy (non-hydrogen) atoms. The number of aromatic nitrogens is 1. The Balaban J connectivity index is 2.28. The Morgan fingerprint density at radius 1 is 1.23 bits per heavy atom. The molecule has 5 heteroatoms. The van der Waals surface area contributed by atoms with Crippen molar-refractivity contribution in [1.82, 2.24) is 4.98 Å². The van der Waals surface area contributed by atoms with E-state index in [0.717, 1.165) is 5.39 Å². The van der Waals surface area contributed by atoms with Gasteiger partial charge in [-0.1, -0.05) is 18.2 Å². The standard InChI is InChI=1S/C17H14FNO3/c1-22-15-8-16(21)19-14-7-10(5-6-12(14)15)17-11(9-20)3-2-4-13(17)18/h2-8,20H,9H2,1H3,(H,19,21). The number of halogens is 1. The van der Waals surface area contributed by atoms with Gasteiger partial charge in [-0.15, -0.1) is 0 Å². The first kappa shape index (κ1) is 14.3. The first-order chi connectivity index (χ1) is 10.6. The maximum Gasteiger partial charge on any atom is 0.252 e. The molecule has 0 radical (unpaired) electrons. The van der Waals surface area contributed by atoms with Gasteiger partial charge in [-0.25, -0.2) is 4.39 Å². The summed E-state index contributed by atoms with van der Waals surface area (Å²) in [5, 5.41) is 10.1. The summed E-state index contributed by atoms with van der Waals surface area (Å²) in [6.07, 6.45) is 0. The largest absolute Gasteiger partial charge is 0.496 e. The van der Waals surface area contributed by atoms with Crippen molar-refractivity contribution < 1.29 is 14.2 Å². The average molecular weight is 299 g/mol. The number of methoxy groups -OCH3 is 1. The van der Waals surface area contributed by atoms with Crippen molar-refractivity contribution in [2.45, 2.75) is 6.61 Å². The van der Waals surface area contributed by atoms with Crippen LogP contribution >= 0.6 is 0 Å². The molecule has 0 aliphatic rings. The average Bonchev–Trinajstić information content (AvgIpc) is 2.53. The predicted molar refractivity (Wildman–Crippen MR) is 82.4 cm³/mol.